The molecule has 0 atom stereocenters. The van der Waals surface area contributed by atoms with Gasteiger partial charge in [-0.25, -0.2) is 13.8 Å². The molecule has 2 aromatic heterocycles. The third-order valence-electron chi connectivity index (χ3n) is 4.03. The number of benzene rings is 2. The van der Waals surface area contributed by atoms with Crippen LogP contribution in [0.2, 0.25) is 5.02 Å². The van der Waals surface area contributed by atoms with Crippen molar-refractivity contribution < 1.29 is 17.9 Å². The predicted molar refractivity (Wildman–Crippen MR) is 105 cm³/mol. The van der Waals surface area contributed by atoms with E-state index in [1.54, 1.807) is 42.7 Å². The first kappa shape index (κ1) is 18.9. The Kier molecular flexibility index (Phi) is 5.39. The van der Waals surface area contributed by atoms with Crippen LogP contribution in [0.5, 0.6) is 11.5 Å². The van der Waals surface area contributed by atoms with Gasteiger partial charge < -0.3 is 14.5 Å². The Labute approximate surface area is 169 Å². The molecule has 2 heterocycles. The van der Waals surface area contributed by atoms with Gasteiger partial charge >= 0.3 is 0 Å². The average molecular weight is 414 g/mol. The molecule has 4 aromatic rings. The molecule has 0 spiro atoms. The van der Waals surface area contributed by atoms with Crippen molar-refractivity contribution in [2.24, 2.45) is 0 Å². The van der Waals surface area contributed by atoms with Gasteiger partial charge in [0.25, 0.3) is 6.01 Å². The Bertz CT molecular complexity index is 1120. The number of pyridine rings is 1. The SMILES string of the molecule is Fc1cccc(F)c1Cc1cnc(Nc2ccc(Oc3ccncc3)c(Cl)c2)o1. The third-order valence-corrected chi connectivity index (χ3v) is 4.32. The summed E-state index contributed by atoms with van der Waals surface area (Å²) in [5.74, 6) is 0.145. The van der Waals surface area contributed by atoms with Gasteiger partial charge in [0.05, 0.1) is 11.2 Å². The molecule has 29 heavy (non-hydrogen) atoms. The number of ether oxygens (including phenoxy) is 1. The summed E-state index contributed by atoms with van der Waals surface area (Å²) in [6, 6.07) is 12.4. The first-order chi connectivity index (χ1) is 14.1. The second kappa shape index (κ2) is 8.28. The van der Waals surface area contributed by atoms with Crippen LogP contribution in [-0.4, -0.2) is 9.97 Å². The lowest BCUT2D eigenvalue weighted by molar-refractivity contribution is 0.482. The third kappa shape index (κ3) is 4.52. The molecule has 1 N–H and O–H groups in total. The van der Waals surface area contributed by atoms with Crippen LogP contribution in [0.25, 0.3) is 0 Å². The number of rotatable bonds is 6. The molecule has 0 unspecified atom stereocenters. The molecule has 0 saturated heterocycles. The van der Waals surface area contributed by atoms with E-state index >= 15 is 0 Å². The zero-order chi connectivity index (χ0) is 20.2. The van der Waals surface area contributed by atoms with Crippen LogP contribution in [-0.2, 0) is 6.42 Å². The van der Waals surface area contributed by atoms with Gasteiger partial charge in [0, 0.05) is 30.1 Å². The number of nitrogens with zero attached hydrogens (tertiary/aromatic N) is 2. The Morgan fingerprint density at radius 3 is 2.52 bits per heavy atom. The standard InChI is InChI=1S/C21H14ClF2N3O2/c22-17-10-13(4-5-20(17)28-14-6-8-25-9-7-14)27-21-26-12-15(29-21)11-16-18(23)2-1-3-19(16)24/h1-10,12H,11H2,(H,26,27). The lowest BCUT2D eigenvalue weighted by atomic mass is 10.1. The van der Waals surface area contributed by atoms with Gasteiger partial charge in [-0.3, -0.25) is 4.98 Å². The zero-order valence-corrected chi connectivity index (χ0v) is 15.7. The lowest BCUT2D eigenvalue weighted by Gasteiger charge is -2.09. The highest BCUT2D eigenvalue weighted by Gasteiger charge is 2.13. The van der Waals surface area contributed by atoms with Crippen molar-refractivity contribution in [3.8, 4) is 11.5 Å². The molecule has 2 aromatic carbocycles. The summed E-state index contributed by atoms with van der Waals surface area (Å²) in [4.78, 5) is 8.01. The van der Waals surface area contributed by atoms with Crippen molar-refractivity contribution in [3.63, 3.8) is 0 Å². The van der Waals surface area contributed by atoms with E-state index in [0.29, 0.717) is 28.0 Å². The van der Waals surface area contributed by atoms with Crippen LogP contribution in [0.3, 0.4) is 0 Å². The quantitative estimate of drug-likeness (QED) is 0.412. The number of hydrogen-bond acceptors (Lipinski definition) is 5. The van der Waals surface area contributed by atoms with E-state index in [-0.39, 0.29) is 18.0 Å². The van der Waals surface area contributed by atoms with Crippen LogP contribution in [0.4, 0.5) is 20.5 Å². The molecular weight excluding hydrogens is 400 g/mol. The number of oxazole rings is 1. The monoisotopic (exact) mass is 413 g/mol. The van der Waals surface area contributed by atoms with Crippen LogP contribution >= 0.6 is 11.6 Å². The maximum atomic E-state index is 13.8. The van der Waals surface area contributed by atoms with Crippen LogP contribution in [0.15, 0.2) is 71.5 Å². The fourth-order valence-electron chi connectivity index (χ4n) is 2.64. The van der Waals surface area contributed by atoms with Gasteiger partial charge in [0.2, 0.25) is 0 Å². The van der Waals surface area contributed by atoms with E-state index in [9.17, 15) is 8.78 Å². The van der Waals surface area contributed by atoms with Crippen molar-refractivity contribution in [1.82, 2.24) is 9.97 Å². The van der Waals surface area contributed by atoms with Gasteiger partial charge in [0.1, 0.15) is 28.9 Å². The summed E-state index contributed by atoms with van der Waals surface area (Å²) in [5.41, 5.74) is 0.540. The normalized spacial score (nSPS) is 10.7. The zero-order valence-electron chi connectivity index (χ0n) is 14.9. The largest absolute Gasteiger partial charge is 0.456 e. The molecule has 0 amide bonds. The predicted octanol–water partition coefficient (Wildman–Crippen LogP) is 6.13. The molecule has 0 radical (unpaired) electrons. The van der Waals surface area contributed by atoms with Crippen molar-refractivity contribution in [2.45, 2.75) is 6.42 Å². The lowest BCUT2D eigenvalue weighted by Crippen LogP contribution is -1.95. The molecule has 146 valence electrons. The van der Waals surface area contributed by atoms with Gasteiger partial charge in [0.15, 0.2) is 0 Å². The second-order valence-corrected chi connectivity index (χ2v) is 6.47. The maximum Gasteiger partial charge on any atom is 0.299 e. The summed E-state index contributed by atoms with van der Waals surface area (Å²) < 4.78 is 38.8. The minimum atomic E-state index is -0.632. The van der Waals surface area contributed by atoms with Gasteiger partial charge in [-0.1, -0.05) is 17.7 Å². The summed E-state index contributed by atoms with van der Waals surface area (Å²) in [6.45, 7) is 0. The molecule has 4 rings (SSSR count). The second-order valence-electron chi connectivity index (χ2n) is 6.06. The summed E-state index contributed by atoms with van der Waals surface area (Å²) in [7, 11) is 0. The van der Waals surface area contributed by atoms with Crippen molar-refractivity contribution in [3.05, 3.63) is 95.1 Å². The van der Waals surface area contributed by atoms with E-state index in [0.717, 1.165) is 0 Å². The van der Waals surface area contributed by atoms with E-state index in [4.69, 9.17) is 20.8 Å². The molecular formula is C21H14ClF2N3O2. The summed E-state index contributed by atoms with van der Waals surface area (Å²) in [6.07, 6.45) is 4.60. The van der Waals surface area contributed by atoms with Crippen molar-refractivity contribution in [1.29, 1.82) is 0 Å². The maximum absolute atomic E-state index is 13.8. The molecule has 8 heteroatoms. The average Bonchev–Trinajstić information content (AvgIpc) is 3.15. The first-order valence-corrected chi connectivity index (χ1v) is 8.98. The molecule has 0 aliphatic rings. The molecule has 0 aliphatic carbocycles. The summed E-state index contributed by atoms with van der Waals surface area (Å²) >= 11 is 6.28. The van der Waals surface area contributed by atoms with E-state index in [1.165, 1.54) is 24.4 Å². The Balaban J connectivity index is 1.45. The molecule has 5 nitrogen and oxygen atoms in total. The van der Waals surface area contributed by atoms with Gasteiger partial charge in [-0.15, -0.1) is 0 Å². The van der Waals surface area contributed by atoms with E-state index in [1.807, 2.05) is 0 Å². The Morgan fingerprint density at radius 2 is 1.79 bits per heavy atom. The molecule has 0 aliphatic heterocycles. The fourth-order valence-corrected chi connectivity index (χ4v) is 2.86. The van der Waals surface area contributed by atoms with Crippen LogP contribution < -0.4 is 10.1 Å². The number of aromatic nitrogens is 2. The van der Waals surface area contributed by atoms with Crippen LogP contribution in [0.1, 0.15) is 11.3 Å². The smallest absolute Gasteiger partial charge is 0.299 e. The summed E-state index contributed by atoms with van der Waals surface area (Å²) in [5, 5.41) is 3.34. The minimum absolute atomic E-state index is 0.0490. The van der Waals surface area contributed by atoms with Gasteiger partial charge in [-0.05, 0) is 42.5 Å². The molecule has 0 saturated carbocycles. The van der Waals surface area contributed by atoms with E-state index in [2.05, 4.69) is 15.3 Å². The van der Waals surface area contributed by atoms with Crippen LogP contribution in [0, 0.1) is 11.6 Å². The number of hydrogen-bond donors (Lipinski definition) is 1. The highest BCUT2D eigenvalue weighted by Crippen LogP contribution is 2.32. The number of nitrogens with one attached hydrogen (secondary N) is 1. The fraction of sp³-hybridized carbons (Fsp3) is 0.0476. The van der Waals surface area contributed by atoms with Gasteiger partial charge in [-0.2, -0.15) is 0 Å². The molecule has 0 fully saturated rings. The van der Waals surface area contributed by atoms with Crippen molar-refractivity contribution >= 4 is 23.3 Å². The Morgan fingerprint density at radius 1 is 1.03 bits per heavy atom. The van der Waals surface area contributed by atoms with E-state index < -0.39 is 11.6 Å². The topological polar surface area (TPSA) is 60.2 Å². The highest BCUT2D eigenvalue weighted by atomic mass is 35.5. The number of anilines is 2. The molecule has 0 bridgehead atoms. The number of halogens is 3. The Hall–Kier alpha value is -3.45. The minimum Gasteiger partial charge on any atom is -0.456 e. The first-order valence-electron chi connectivity index (χ1n) is 8.60. The van der Waals surface area contributed by atoms with Crippen molar-refractivity contribution in [2.75, 3.05) is 5.32 Å². The highest BCUT2D eigenvalue weighted by molar-refractivity contribution is 6.32.